The van der Waals surface area contributed by atoms with Gasteiger partial charge in [0, 0.05) is 4.47 Å². The van der Waals surface area contributed by atoms with Gasteiger partial charge in [0.2, 0.25) is 0 Å². The van der Waals surface area contributed by atoms with E-state index >= 15 is 0 Å². The van der Waals surface area contributed by atoms with E-state index in [0.29, 0.717) is 0 Å². The van der Waals surface area contributed by atoms with Crippen LogP contribution in [0, 0.1) is 0 Å². The van der Waals surface area contributed by atoms with Crippen molar-refractivity contribution in [2.45, 2.75) is 64.4 Å². The first-order valence-electron chi connectivity index (χ1n) is 7.17. The highest BCUT2D eigenvalue weighted by Gasteiger charge is 2.06. The molecule has 18 heavy (non-hydrogen) atoms. The highest BCUT2D eigenvalue weighted by molar-refractivity contribution is 9.10. The van der Waals surface area contributed by atoms with Crippen LogP contribution in [0.4, 0.5) is 0 Å². The molecule has 0 radical (unpaired) electrons. The molecule has 0 heterocycles. The van der Waals surface area contributed by atoms with Crippen molar-refractivity contribution < 1.29 is 5.11 Å². The lowest BCUT2D eigenvalue weighted by Gasteiger charge is -2.11. The molecule has 1 rings (SSSR count). The molecule has 1 N–H and O–H groups in total. The second-order valence-electron chi connectivity index (χ2n) is 4.98. The lowest BCUT2D eigenvalue weighted by molar-refractivity contribution is 0.163. The summed E-state index contributed by atoms with van der Waals surface area (Å²) in [6.07, 6.45) is 9.63. The fourth-order valence-electron chi connectivity index (χ4n) is 2.18. The smallest absolute Gasteiger partial charge is 0.0790 e. The third-order valence-corrected chi connectivity index (χ3v) is 3.81. The molecule has 0 aliphatic rings. The van der Waals surface area contributed by atoms with E-state index in [0.717, 1.165) is 22.9 Å². The summed E-state index contributed by atoms with van der Waals surface area (Å²) >= 11 is 3.44. The Labute approximate surface area is 120 Å². The second-order valence-corrected chi connectivity index (χ2v) is 5.90. The number of unbranched alkanes of at least 4 members (excludes halogenated alkanes) is 6. The molecular formula is C16H25BrO. The molecule has 1 nitrogen and oxygen atoms in total. The van der Waals surface area contributed by atoms with Crippen LogP contribution in [0.15, 0.2) is 28.7 Å². The molecule has 0 aromatic heterocycles. The Bertz CT molecular complexity index is 325. The van der Waals surface area contributed by atoms with Crippen molar-refractivity contribution in [3.8, 4) is 0 Å². The predicted octanol–water partition coefficient (Wildman–Crippen LogP) is 5.62. The summed E-state index contributed by atoms with van der Waals surface area (Å²) in [7, 11) is 0. The van der Waals surface area contributed by atoms with Crippen LogP contribution in [-0.4, -0.2) is 5.11 Å². The van der Waals surface area contributed by atoms with Crippen molar-refractivity contribution in [2.75, 3.05) is 0 Å². The van der Waals surface area contributed by atoms with E-state index in [9.17, 15) is 5.11 Å². The molecule has 1 atom stereocenters. The average molecular weight is 313 g/mol. The molecule has 1 aromatic rings. The zero-order valence-corrected chi connectivity index (χ0v) is 13.0. The molecule has 0 bridgehead atoms. The van der Waals surface area contributed by atoms with E-state index in [1.165, 1.54) is 38.5 Å². The van der Waals surface area contributed by atoms with Gasteiger partial charge in [0.1, 0.15) is 0 Å². The SMILES string of the molecule is CCCCCCCCCC(O)c1cccc(Br)c1. The number of hydrogen-bond donors (Lipinski definition) is 1. The summed E-state index contributed by atoms with van der Waals surface area (Å²) in [6.45, 7) is 2.24. The number of aliphatic hydroxyl groups is 1. The number of rotatable bonds is 9. The first kappa shape index (κ1) is 15.7. The Hall–Kier alpha value is -0.340. The predicted molar refractivity (Wildman–Crippen MR) is 81.7 cm³/mol. The highest BCUT2D eigenvalue weighted by Crippen LogP contribution is 2.23. The van der Waals surface area contributed by atoms with Crippen molar-refractivity contribution in [1.29, 1.82) is 0 Å². The third-order valence-electron chi connectivity index (χ3n) is 3.31. The molecule has 1 unspecified atom stereocenters. The van der Waals surface area contributed by atoms with E-state index in [1.807, 2.05) is 24.3 Å². The Balaban J connectivity index is 2.12. The van der Waals surface area contributed by atoms with Gasteiger partial charge in [0.25, 0.3) is 0 Å². The maximum Gasteiger partial charge on any atom is 0.0790 e. The molecule has 0 spiro atoms. The molecule has 2 heteroatoms. The molecular weight excluding hydrogens is 288 g/mol. The Kier molecular flexibility index (Phi) is 8.36. The van der Waals surface area contributed by atoms with Crippen LogP contribution in [0.2, 0.25) is 0 Å². The fraction of sp³-hybridized carbons (Fsp3) is 0.625. The number of halogens is 1. The number of aliphatic hydroxyl groups excluding tert-OH is 1. The van der Waals surface area contributed by atoms with Gasteiger partial charge in [-0.05, 0) is 24.1 Å². The van der Waals surface area contributed by atoms with Gasteiger partial charge in [-0.3, -0.25) is 0 Å². The van der Waals surface area contributed by atoms with Crippen LogP contribution in [0.5, 0.6) is 0 Å². The first-order valence-corrected chi connectivity index (χ1v) is 7.97. The Morgan fingerprint density at radius 2 is 1.72 bits per heavy atom. The first-order chi connectivity index (χ1) is 8.74. The highest BCUT2D eigenvalue weighted by atomic mass is 79.9. The molecule has 0 fully saturated rings. The van der Waals surface area contributed by atoms with Gasteiger partial charge in [-0.15, -0.1) is 0 Å². The topological polar surface area (TPSA) is 20.2 Å². The molecule has 0 saturated carbocycles. The summed E-state index contributed by atoms with van der Waals surface area (Å²) in [5, 5.41) is 10.1. The average Bonchev–Trinajstić information content (AvgIpc) is 2.37. The monoisotopic (exact) mass is 312 g/mol. The molecule has 102 valence electrons. The van der Waals surface area contributed by atoms with E-state index in [2.05, 4.69) is 22.9 Å². The number of benzene rings is 1. The standard InChI is InChI=1S/C16H25BrO/c1-2-3-4-5-6-7-8-12-16(18)14-10-9-11-15(17)13-14/h9-11,13,16,18H,2-8,12H2,1H3. The normalized spacial score (nSPS) is 12.6. The van der Waals surface area contributed by atoms with Crippen molar-refractivity contribution in [2.24, 2.45) is 0 Å². The van der Waals surface area contributed by atoms with Crippen molar-refractivity contribution in [3.05, 3.63) is 34.3 Å². The van der Waals surface area contributed by atoms with Crippen LogP contribution >= 0.6 is 15.9 Å². The van der Waals surface area contributed by atoms with Crippen molar-refractivity contribution in [3.63, 3.8) is 0 Å². The molecule has 0 aliphatic heterocycles. The molecule has 0 amide bonds. The largest absolute Gasteiger partial charge is 0.388 e. The summed E-state index contributed by atoms with van der Waals surface area (Å²) in [5.41, 5.74) is 1.02. The second kappa shape index (κ2) is 9.57. The van der Waals surface area contributed by atoms with E-state index in [-0.39, 0.29) is 6.10 Å². The Morgan fingerprint density at radius 3 is 2.39 bits per heavy atom. The van der Waals surface area contributed by atoms with Crippen LogP contribution in [0.1, 0.15) is 70.0 Å². The lowest BCUT2D eigenvalue weighted by Crippen LogP contribution is -1.97. The van der Waals surface area contributed by atoms with Gasteiger partial charge in [-0.1, -0.05) is 79.9 Å². The van der Waals surface area contributed by atoms with Gasteiger partial charge < -0.3 is 5.11 Å². The summed E-state index contributed by atoms with van der Waals surface area (Å²) in [5.74, 6) is 0. The number of hydrogen-bond acceptors (Lipinski definition) is 1. The minimum atomic E-state index is -0.307. The van der Waals surface area contributed by atoms with E-state index in [4.69, 9.17) is 0 Å². The van der Waals surface area contributed by atoms with Crippen LogP contribution < -0.4 is 0 Å². The molecule has 0 aliphatic carbocycles. The lowest BCUT2D eigenvalue weighted by atomic mass is 10.0. The molecule has 0 saturated heterocycles. The maximum atomic E-state index is 10.1. The van der Waals surface area contributed by atoms with Crippen LogP contribution in [0.25, 0.3) is 0 Å². The zero-order chi connectivity index (χ0) is 13.2. The minimum absolute atomic E-state index is 0.307. The zero-order valence-electron chi connectivity index (χ0n) is 11.4. The van der Waals surface area contributed by atoms with E-state index in [1.54, 1.807) is 0 Å². The fourth-order valence-corrected chi connectivity index (χ4v) is 2.59. The summed E-state index contributed by atoms with van der Waals surface area (Å²) in [6, 6.07) is 7.97. The van der Waals surface area contributed by atoms with Gasteiger partial charge in [-0.2, -0.15) is 0 Å². The van der Waals surface area contributed by atoms with Gasteiger partial charge in [0.05, 0.1) is 6.10 Å². The van der Waals surface area contributed by atoms with E-state index < -0.39 is 0 Å². The summed E-state index contributed by atoms with van der Waals surface area (Å²) < 4.78 is 1.04. The van der Waals surface area contributed by atoms with Crippen LogP contribution in [-0.2, 0) is 0 Å². The van der Waals surface area contributed by atoms with Gasteiger partial charge in [-0.25, -0.2) is 0 Å². The summed E-state index contributed by atoms with van der Waals surface area (Å²) in [4.78, 5) is 0. The van der Waals surface area contributed by atoms with Crippen molar-refractivity contribution in [1.82, 2.24) is 0 Å². The Morgan fingerprint density at radius 1 is 1.06 bits per heavy atom. The van der Waals surface area contributed by atoms with Gasteiger partial charge in [0.15, 0.2) is 0 Å². The van der Waals surface area contributed by atoms with Crippen molar-refractivity contribution >= 4 is 15.9 Å². The molecule has 1 aromatic carbocycles. The van der Waals surface area contributed by atoms with Crippen LogP contribution in [0.3, 0.4) is 0 Å². The van der Waals surface area contributed by atoms with Gasteiger partial charge >= 0.3 is 0 Å². The maximum absolute atomic E-state index is 10.1. The minimum Gasteiger partial charge on any atom is -0.388 e. The third kappa shape index (κ3) is 6.55. The quantitative estimate of drug-likeness (QED) is 0.586.